The number of halogens is 4. The van der Waals surface area contributed by atoms with Crippen LogP contribution in [0.4, 0.5) is 18.0 Å². The van der Waals surface area contributed by atoms with Crippen LogP contribution in [-0.2, 0) is 0 Å². The van der Waals surface area contributed by atoms with Crippen molar-refractivity contribution in [3.05, 3.63) is 34.7 Å². The molecule has 0 aromatic carbocycles. The molecule has 0 saturated heterocycles. The summed E-state index contributed by atoms with van der Waals surface area (Å²) in [5.74, 6) is 0.419. The Labute approximate surface area is 166 Å². The highest BCUT2D eigenvalue weighted by atomic mass is 79.9. The fraction of sp³-hybridized carbons (Fsp3) is 0.556. The van der Waals surface area contributed by atoms with E-state index < -0.39 is 24.9 Å². The lowest BCUT2D eigenvalue weighted by Crippen LogP contribution is -2.48. The van der Waals surface area contributed by atoms with Gasteiger partial charge < -0.3 is 15.0 Å². The largest absolute Gasteiger partial charge is 0.480 e. The molecule has 1 aromatic rings. The smallest absolute Gasteiger partial charge is 0.318 e. The van der Waals surface area contributed by atoms with Crippen LogP contribution in [0.1, 0.15) is 38.3 Å². The molecule has 5 nitrogen and oxygen atoms in total. The summed E-state index contributed by atoms with van der Waals surface area (Å²) in [6, 6.07) is -0.101. The molecule has 1 rings (SSSR count). The average molecular weight is 452 g/mol. The number of nitrogens with zero attached hydrogens (tertiary/aromatic N) is 2. The maximum absolute atomic E-state index is 14.1. The van der Waals surface area contributed by atoms with Crippen molar-refractivity contribution in [1.82, 2.24) is 15.2 Å². The lowest BCUT2D eigenvalue weighted by atomic mass is 10.1. The van der Waals surface area contributed by atoms with Crippen molar-refractivity contribution in [2.45, 2.75) is 44.9 Å². The van der Waals surface area contributed by atoms with Crippen molar-refractivity contribution < 1.29 is 22.7 Å². The van der Waals surface area contributed by atoms with Gasteiger partial charge in [0.15, 0.2) is 0 Å². The normalized spacial score (nSPS) is 14.6. The molecule has 27 heavy (non-hydrogen) atoms. The Kier molecular flexibility index (Phi) is 10.2. The first-order valence-corrected chi connectivity index (χ1v) is 9.42. The summed E-state index contributed by atoms with van der Waals surface area (Å²) >= 11 is 3.35. The summed E-state index contributed by atoms with van der Waals surface area (Å²) in [7, 11) is 1.50. The number of hydrogen-bond donors (Lipinski definition) is 1. The number of carbonyl (C=O) groups excluding carboxylic acids is 1. The van der Waals surface area contributed by atoms with E-state index in [-0.39, 0.29) is 25.2 Å². The number of pyridine rings is 1. The summed E-state index contributed by atoms with van der Waals surface area (Å²) in [5.41, 5.74) is 0.750. The number of rotatable bonds is 10. The fourth-order valence-electron chi connectivity index (χ4n) is 2.65. The Balaban J connectivity index is 2.94. The van der Waals surface area contributed by atoms with E-state index >= 15 is 0 Å². The highest BCUT2D eigenvalue weighted by Crippen LogP contribution is 2.28. The molecule has 2 unspecified atom stereocenters. The molecular weight excluding hydrogens is 427 g/mol. The van der Waals surface area contributed by atoms with Gasteiger partial charge in [0.05, 0.1) is 36.7 Å². The van der Waals surface area contributed by atoms with Gasteiger partial charge >= 0.3 is 6.03 Å². The van der Waals surface area contributed by atoms with Gasteiger partial charge in [-0.25, -0.2) is 18.6 Å². The van der Waals surface area contributed by atoms with E-state index in [2.05, 4.69) is 26.2 Å². The molecule has 152 valence electrons. The van der Waals surface area contributed by atoms with E-state index in [1.54, 1.807) is 19.2 Å². The first-order chi connectivity index (χ1) is 12.9. The van der Waals surface area contributed by atoms with Gasteiger partial charge in [-0.1, -0.05) is 0 Å². The first-order valence-electron chi connectivity index (χ1n) is 8.63. The molecule has 0 fully saturated rings. The standard InChI is InChI=1S/C18H25BrF3N3O2/c1-4-25(12(2)13-10-14(19)17(27-3)23-11-13)18(26)24-16(6-5-8-20)15(22)7-9-21/h7,9-12,15-16H,4-6,8H2,1-3H3,(H,24,26)/t12-,15?,16?/m1/s1. The highest BCUT2D eigenvalue weighted by Gasteiger charge is 2.26. The van der Waals surface area contributed by atoms with Crippen LogP contribution in [-0.4, -0.2) is 48.5 Å². The van der Waals surface area contributed by atoms with Gasteiger partial charge in [0.1, 0.15) is 6.17 Å². The number of amides is 2. The Bertz CT molecular complexity index is 634. The third-order valence-electron chi connectivity index (χ3n) is 4.17. The minimum atomic E-state index is -1.74. The van der Waals surface area contributed by atoms with Gasteiger partial charge in [-0.15, -0.1) is 0 Å². The van der Waals surface area contributed by atoms with Crippen LogP contribution in [0.25, 0.3) is 0 Å². The van der Waals surface area contributed by atoms with Crippen LogP contribution in [0.5, 0.6) is 5.88 Å². The molecule has 1 N–H and O–H groups in total. The maximum atomic E-state index is 14.1. The van der Waals surface area contributed by atoms with Gasteiger partial charge in [0.2, 0.25) is 5.88 Å². The van der Waals surface area contributed by atoms with E-state index in [1.165, 1.54) is 12.0 Å². The molecule has 0 bridgehead atoms. The monoisotopic (exact) mass is 451 g/mol. The van der Waals surface area contributed by atoms with E-state index in [0.717, 1.165) is 5.56 Å². The second kappa shape index (κ2) is 11.8. The van der Waals surface area contributed by atoms with Gasteiger partial charge in [-0.2, -0.15) is 0 Å². The van der Waals surface area contributed by atoms with Crippen molar-refractivity contribution in [3.8, 4) is 5.88 Å². The summed E-state index contributed by atoms with van der Waals surface area (Å²) < 4.78 is 44.6. The third-order valence-corrected chi connectivity index (χ3v) is 4.74. The summed E-state index contributed by atoms with van der Waals surface area (Å²) in [4.78, 5) is 18.3. The van der Waals surface area contributed by atoms with Crippen LogP contribution < -0.4 is 10.1 Å². The van der Waals surface area contributed by atoms with Crippen LogP contribution in [0, 0.1) is 0 Å². The number of hydrogen-bond acceptors (Lipinski definition) is 3. The minimum absolute atomic E-state index is 0.0648. The van der Waals surface area contributed by atoms with E-state index in [9.17, 15) is 18.0 Å². The van der Waals surface area contributed by atoms with Crippen molar-refractivity contribution in [2.75, 3.05) is 20.3 Å². The number of carbonyl (C=O) groups is 1. The molecule has 0 spiro atoms. The molecular formula is C18H25BrF3N3O2. The molecule has 3 atom stereocenters. The van der Waals surface area contributed by atoms with Gasteiger partial charge in [0, 0.05) is 12.7 Å². The topological polar surface area (TPSA) is 54.5 Å². The first kappa shape index (κ1) is 23.3. The third kappa shape index (κ3) is 6.71. The molecule has 0 aliphatic carbocycles. The van der Waals surface area contributed by atoms with E-state index in [4.69, 9.17) is 4.74 Å². The van der Waals surface area contributed by atoms with Gasteiger partial charge in [0.25, 0.3) is 0 Å². The number of aromatic nitrogens is 1. The Morgan fingerprint density at radius 2 is 2.22 bits per heavy atom. The maximum Gasteiger partial charge on any atom is 0.318 e. The van der Waals surface area contributed by atoms with Crippen molar-refractivity contribution >= 4 is 22.0 Å². The quantitative estimate of drug-likeness (QED) is 0.551. The zero-order chi connectivity index (χ0) is 20.4. The summed E-state index contributed by atoms with van der Waals surface area (Å²) in [6.07, 6.45) is 0.774. The van der Waals surface area contributed by atoms with Gasteiger partial charge in [-0.05, 0) is 60.3 Å². The van der Waals surface area contributed by atoms with Crippen molar-refractivity contribution in [1.29, 1.82) is 0 Å². The lowest BCUT2D eigenvalue weighted by molar-refractivity contribution is 0.169. The minimum Gasteiger partial charge on any atom is -0.480 e. The van der Waals surface area contributed by atoms with Crippen LogP contribution >= 0.6 is 15.9 Å². The van der Waals surface area contributed by atoms with E-state index in [0.29, 0.717) is 23.0 Å². The molecule has 1 aromatic heterocycles. The second-order valence-electron chi connectivity index (χ2n) is 5.87. The van der Waals surface area contributed by atoms with Crippen molar-refractivity contribution in [2.24, 2.45) is 0 Å². The average Bonchev–Trinajstić information content (AvgIpc) is 2.65. The molecule has 1 heterocycles. The Hall–Kier alpha value is -1.77. The predicted octanol–water partition coefficient (Wildman–Crippen LogP) is 4.88. The highest BCUT2D eigenvalue weighted by molar-refractivity contribution is 9.10. The summed E-state index contributed by atoms with van der Waals surface area (Å²) in [6.45, 7) is 3.30. The zero-order valence-corrected chi connectivity index (χ0v) is 17.2. The molecule has 0 aliphatic heterocycles. The molecule has 0 aliphatic rings. The fourth-order valence-corrected chi connectivity index (χ4v) is 3.17. The number of ether oxygens (including phenoxy) is 1. The number of alkyl halides is 2. The predicted molar refractivity (Wildman–Crippen MR) is 102 cm³/mol. The number of methoxy groups -OCH3 is 1. The number of urea groups is 1. The Morgan fingerprint density at radius 3 is 2.74 bits per heavy atom. The number of nitrogens with one attached hydrogen (secondary N) is 1. The summed E-state index contributed by atoms with van der Waals surface area (Å²) in [5, 5.41) is 2.55. The lowest BCUT2D eigenvalue weighted by Gasteiger charge is -2.31. The van der Waals surface area contributed by atoms with Crippen LogP contribution in [0.15, 0.2) is 29.1 Å². The van der Waals surface area contributed by atoms with Crippen LogP contribution in [0.2, 0.25) is 0 Å². The van der Waals surface area contributed by atoms with E-state index in [1.807, 2.05) is 6.92 Å². The molecule has 9 heteroatoms. The zero-order valence-electron chi connectivity index (χ0n) is 15.6. The SMILES string of the molecule is CCN(C(=O)NC(CCCF)C(F)C=CF)[C@H](C)c1cnc(OC)c(Br)c1. The van der Waals surface area contributed by atoms with Crippen molar-refractivity contribution in [3.63, 3.8) is 0 Å². The molecule has 0 saturated carbocycles. The van der Waals surface area contributed by atoms with Gasteiger partial charge in [-0.3, -0.25) is 4.39 Å². The second-order valence-corrected chi connectivity index (χ2v) is 6.73. The van der Waals surface area contributed by atoms with Crippen LogP contribution in [0.3, 0.4) is 0 Å². The molecule has 0 radical (unpaired) electrons. The molecule has 2 amide bonds. The Morgan fingerprint density at radius 1 is 1.52 bits per heavy atom.